The largest absolute Gasteiger partial charge is 0.394 e. The van der Waals surface area contributed by atoms with Crippen LogP contribution in [-0.4, -0.2) is 68.7 Å². The smallest absolute Gasteiger partial charge is 0.0911 e. The Hall–Kier alpha value is -0.160. The van der Waals surface area contributed by atoms with Crippen LogP contribution < -0.4 is 5.32 Å². The number of piperazine rings is 1. The minimum atomic E-state index is 0.0355. The van der Waals surface area contributed by atoms with Crippen molar-refractivity contribution < 1.29 is 14.3 Å². The number of likely N-dealkylation sites (N-methyl/N-ethyl adjacent to an activating group) is 1. The molecule has 0 spiro atoms. The molecule has 0 aromatic carbocycles. The van der Waals surface area contributed by atoms with Crippen LogP contribution in [0.1, 0.15) is 19.8 Å². The van der Waals surface area contributed by atoms with Crippen LogP contribution >= 0.6 is 0 Å². The Kier molecular flexibility index (Phi) is 6.28. The van der Waals surface area contributed by atoms with E-state index in [4.69, 9.17) is 9.84 Å². The van der Waals surface area contributed by atoms with E-state index in [0.29, 0.717) is 0 Å². The summed E-state index contributed by atoms with van der Waals surface area (Å²) in [6.45, 7) is 8.85. The first-order valence-electron chi connectivity index (χ1n) is 6.47. The lowest BCUT2D eigenvalue weighted by Crippen LogP contribution is -2.56. The summed E-state index contributed by atoms with van der Waals surface area (Å²) in [6.07, 6.45) is 2.02. The average Bonchev–Trinajstić information content (AvgIpc) is 2.30. The van der Waals surface area contributed by atoms with Gasteiger partial charge in [-0.3, -0.25) is 0 Å². The van der Waals surface area contributed by atoms with Gasteiger partial charge in [0.2, 0.25) is 0 Å². The molecular formula is C12H27N2O2+. The van der Waals surface area contributed by atoms with Crippen LogP contribution in [0.15, 0.2) is 0 Å². The van der Waals surface area contributed by atoms with E-state index in [1.54, 1.807) is 0 Å². The van der Waals surface area contributed by atoms with Crippen molar-refractivity contribution in [2.75, 3.05) is 53.0 Å². The fourth-order valence-electron chi connectivity index (χ4n) is 2.15. The zero-order chi connectivity index (χ0) is 11.9. The van der Waals surface area contributed by atoms with Crippen molar-refractivity contribution in [3.8, 4) is 0 Å². The molecule has 0 radical (unpaired) electrons. The van der Waals surface area contributed by atoms with Gasteiger partial charge in [0.05, 0.1) is 46.0 Å². The highest BCUT2D eigenvalue weighted by molar-refractivity contribution is 4.56. The van der Waals surface area contributed by atoms with Crippen LogP contribution in [0.2, 0.25) is 0 Å². The van der Waals surface area contributed by atoms with Crippen molar-refractivity contribution in [1.82, 2.24) is 5.32 Å². The summed E-state index contributed by atoms with van der Waals surface area (Å²) < 4.78 is 6.76. The zero-order valence-electron chi connectivity index (χ0n) is 10.7. The Labute approximate surface area is 99.2 Å². The molecule has 0 bridgehead atoms. The van der Waals surface area contributed by atoms with Crippen LogP contribution in [0.25, 0.3) is 0 Å². The Balaban J connectivity index is 2.09. The summed E-state index contributed by atoms with van der Waals surface area (Å²) in [4.78, 5) is 0. The maximum absolute atomic E-state index is 8.99. The number of nitrogens with zero attached hydrogens (tertiary/aromatic N) is 1. The number of quaternary nitrogens is 1. The lowest BCUT2D eigenvalue weighted by molar-refractivity contribution is -0.911. The van der Waals surface area contributed by atoms with Crippen molar-refractivity contribution in [3.63, 3.8) is 0 Å². The standard InChI is InChI=1S/C12H27N2O2/c1-3-12(11-15)16-10-4-7-14(2)8-5-13-6-9-14/h12-13,15H,3-11H2,1-2H3/q+1. The SMILES string of the molecule is CCC(CO)OCCC[N+]1(C)CCNCC1. The number of rotatable bonds is 7. The summed E-state index contributed by atoms with van der Waals surface area (Å²) in [7, 11) is 2.32. The van der Waals surface area contributed by atoms with Crippen LogP contribution in [0.4, 0.5) is 0 Å². The molecule has 0 aliphatic carbocycles. The van der Waals surface area contributed by atoms with Crippen LogP contribution in [0.3, 0.4) is 0 Å². The molecule has 1 heterocycles. The van der Waals surface area contributed by atoms with Crippen LogP contribution in [-0.2, 0) is 4.74 Å². The first kappa shape index (κ1) is 13.9. The van der Waals surface area contributed by atoms with Crippen molar-refractivity contribution in [2.24, 2.45) is 0 Å². The average molecular weight is 231 g/mol. The number of nitrogens with one attached hydrogen (secondary N) is 1. The van der Waals surface area contributed by atoms with Crippen molar-refractivity contribution >= 4 is 0 Å². The lowest BCUT2D eigenvalue weighted by atomic mass is 10.2. The molecule has 0 aromatic heterocycles. The van der Waals surface area contributed by atoms with Gasteiger partial charge in [-0.05, 0) is 6.42 Å². The van der Waals surface area contributed by atoms with Gasteiger partial charge in [0.25, 0.3) is 0 Å². The van der Waals surface area contributed by atoms with E-state index in [-0.39, 0.29) is 12.7 Å². The van der Waals surface area contributed by atoms with Crippen molar-refractivity contribution in [3.05, 3.63) is 0 Å². The van der Waals surface area contributed by atoms with Gasteiger partial charge in [-0.2, -0.15) is 0 Å². The maximum Gasteiger partial charge on any atom is 0.0911 e. The molecule has 1 saturated heterocycles. The Morgan fingerprint density at radius 2 is 2.06 bits per heavy atom. The topological polar surface area (TPSA) is 41.5 Å². The molecular weight excluding hydrogens is 204 g/mol. The maximum atomic E-state index is 8.99. The predicted molar refractivity (Wildman–Crippen MR) is 65.4 cm³/mol. The van der Waals surface area contributed by atoms with E-state index in [0.717, 1.165) is 37.0 Å². The number of ether oxygens (including phenoxy) is 1. The van der Waals surface area contributed by atoms with Gasteiger partial charge in [-0.1, -0.05) is 6.92 Å². The van der Waals surface area contributed by atoms with E-state index >= 15 is 0 Å². The van der Waals surface area contributed by atoms with Crippen LogP contribution in [0, 0.1) is 0 Å². The molecule has 16 heavy (non-hydrogen) atoms. The quantitative estimate of drug-likeness (QED) is 0.486. The molecule has 4 nitrogen and oxygen atoms in total. The van der Waals surface area contributed by atoms with Gasteiger partial charge < -0.3 is 19.6 Å². The second-order valence-corrected chi connectivity index (χ2v) is 4.98. The van der Waals surface area contributed by atoms with Gasteiger partial charge in [-0.15, -0.1) is 0 Å². The fourth-order valence-corrected chi connectivity index (χ4v) is 2.15. The van der Waals surface area contributed by atoms with Crippen molar-refractivity contribution in [1.29, 1.82) is 0 Å². The fraction of sp³-hybridized carbons (Fsp3) is 1.00. The van der Waals surface area contributed by atoms with Crippen molar-refractivity contribution in [2.45, 2.75) is 25.9 Å². The number of aliphatic hydroxyl groups excluding tert-OH is 1. The summed E-state index contributed by atoms with van der Waals surface area (Å²) in [5, 5.41) is 12.4. The molecule has 2 N–H and O–H groups in total. The molecule has 96 valence electrons. The van der Waals surface area contributed by atoms with E-state index < -0.39 is 0 Å². The molecule has 1 aliphatic heterocycles. The van der Waals surface area contributed by atoms with Gasteiger partial charge >= 0.3 is 0 Å². The van der Waals surface area contributed by atoms with E-state index in [9.17, 15) is 0 Å². The Morgan fingerprint density at radius 1 is 1.38 bits per heavy atom. The number of hydrogen-bond donors (Lipinski definition) is 2. The summed E-state index contributed by atoms with van der Waals surface area (Å²) in [6, 6.07) is 0. The molecule has 1 aliphatic rings. The van der Waals surface area contributed by atoms with E-state index in [1.165, 1.54) is 19.6 Å². The molecule has 1 fully saturated rings. The molecule has 1 rings (SSSR count). The molecule has 0 amide bonds. The molecule has 1 atom stereocenters. The first-order chi connectivity index (χ1) is 7.70. The third kappa shape index (κ3) is 4.78. The Bertz CT molecular complexity index is 178. The minimum absolute atomic E-state index is 0.0355. The molecule has 1 unspecified atom stereocenters. The second-order valence-electron chi connectivity index (χ2n) is 4.98. The highest BCUT2D eigenvalue weighted by Gasteiger charge is 2.23. The van der Waals surface area contributed by atoms with Crippen LogP contribution in [0.5, 0.6) is 0 Å². The number of hydrogen-bond acceptors (Lipinski definition) is 3. The molecule has 0 saturated carbocycles. The van der Waals surface area contributed by atoms with E-state index in [2.05, 4.69) is 12.4 Å². The summed E-state index contributed by atoms with van der Waals surface area (Å²) >= 11 is 0. The summed E-state index contributed by atoms with van der Waals surface area (Å²) in [5.41, 5.74) is 0. The number of aliphatic hydroxyl groups is 1. The lowest BCUT2D eigenvalue weighted by Gasteiger charge is -2.38. The minimum Gasteiger partial charge on any atom is -0.394 e. The van der Waals surface area contributed by atoms with Gasteiger partial charge in [-0.25, -0.2) is 0 Å². The third-order valence-electron chi connectivity index (χ3n) is 3.51. The summed E-state index contributed by atoms with van der Waals surface area (Å²) in [5.74, 6) is 0. The highest BCUT2D eigenvalue weighted by Crippen LogP contribution is 2.07. The first-order valence-corrected chi connectivity index (χ1v) is 6.47. The van der Waals surface area contributed by atoms with Gasteiger partial charge in [0.15, 0.2) is 0 Å². The zero-order valence-corrected chi connectivity index (χ0v) is 10.7. The van der Waals surface area contributed by atoms with E-state index in [1.807, 2.05) is 6.92 Å². The second kappa shape index (κ2) is 7.22. The van der Waals surface area contributed by atoms with Gasteiger partial charge in [0.1, 0.15) is 0 Å². The third-order valence-corrected chi connectivity index (χ3v) is 3.51. The normalized spacial score (nSPS) is 21.9. The monoisotopic (exact) mass is 231 g/mol. The van der Waals surface area contributed by atoms with Gasteiger partial charge in [0, 0.05) is 19.5 Å². The molecule has 4 heteroatoms. The Morgan fingerprint density at radius 3 is 2.62 bits per heavy atom. The predicted octanol–water partition coefficient (Wildman–Crippen LogP) is 0.214. The molecule has 0 aromatic rings. The highest BCUT2D eigenvalue weighted by atomic mass is 16.5.